The van der Waals surface area contributed by atoms with Crippen LogP contribution in [-0.2, 0) is 34.6 Å². The monoisotopic (exact) mass is 546 g/mol. The van der Waals surface area contributed by atoms with Crippen molar-refractivity contribution in [1.29, 1.82) is 0 Å². The number of rotatable bonds is 7. The Hall–Kier alpha value is -4.05. The van der Waals surface area contributed by atoms with Gasteiger partial charge in [-0.05, 0) is 43.3 Å². The molecule has 3 aromatic carbocycles. The van der Waals surface area contributed by atoms with Gasteiger partial charge in [-0.1, -0.05) is 24.3 Å². The van der Waals surface area contributed by atoms with E-state index in [1.165, 1.54) is 30.3 Å². The molecule has 1 amide bonds. The Morgan fingerprint density at radius 3 is 2.22 bits per heavy atom. The highest BCUT2D eigenvalue weighted by Gasteiger charge is 2.42. The van der Waals surface area contributed by atoms with Crippen molar-refractivity contribution >= 4 is 60.0 Å². The summed E-state index contributed by atoms with van der Waals surface area (Å²) in [6.45, 7) is 1.54. The molecule has 0 spiro atoms. The molecule has 0 saturated carbocycles. The third kappa shape index (κ3) is 5.24. The first kappa shape index (κ1) is 26.0. The van der Waals surface area contributed by atoms with Gasteiger partial charge in [-0.15, -0.1) is 0 Å². The summed E-state index contributed by atoms with van der Waals surface area (Å²) in [6.07, 6.45) is 0. The number of carbonyl (C=O) groups is 2. The topological polar surface area (TPSA) is 192 Å². The minimum absolute atomic E-state index is 0.0132. The first-order valence-corrected chi connectivity index (χ1v) is 13.4. The number of hydrazone groups is 1. The smallest absolute Gasteiger partial charge is 0.357 e. The molecule has 1 aliphatic heterocycles. The van der Waals surface area contributed by atoms with E-state index < -0.39 is 43.1 Å². The lowest BCUT2D eigenvalue weighted by Gasteiger charge is -2.12. The predicted octanol–water partition coefficient (Wildman–Crippen LogP) is 2.75. The molecule has 0 bridgehead atoms. The van der Waals surface area contributed by atoms with Crippen LogP contribution in [-0.4, -0.2) is 56.2 Å². The van der Waals surface area contributed by atoms with Crippen LogP contribution in [0.4, 0.5) is 11.4 Å². The molecule has 1 aliphatic rings. The van der Waals surface area contributed by atoms with Crippen LogP contribution in [0.5, 0.6) is 0 Å². The minimum atomic E-state index is -4.53. The van der Waals surface area contributed by atoms with Gasteiger partial charge in [0.2, 0.25) is 6.04 Å². The van der Waals surface area contributed by atoms with Gasteiger partial charge in [0, 0.05) is 10.8 Å². The number of benzene rings is 3. The van der Waals surface area contributed by atoms with E-state index in [0.717, 1.165) is 23.2 Å². The van der Waals surface area contributed by atoms with Gasteiger partial charge in [0.1, 0.15) is 4.90 Å². The summed E-state index contributed by atoms with van der Waals surface area (Å²) in [5.74, 6) is -1.73. The summed E-state index contributed by atoms with van der Waals surface area (Å²) < 4.78 is 69.7. The second-order valence-corrected chi connectivity index (χ2v) is 10.4. The van der Waals surface area contributed by atoms with Gasteiger partial charge in [-0.3, -0.25) is 13.9 Å². The van der Waals surface area contributed by atoms with Crippen LogP contribution in [0.2, 0.25) is 0 Å². The Balaban J connectivity index is 1.74. The van der Waals surface area contributed by atoms with Crippen LogP contribution in [0, 0.1) is 0 Å². The molecule has 3 aromatic rings. The molecule has 13 nitrogen and oxygen atoms in total. The highest BCUT2D eigenvalue weighted by molar-refractivity contribution is 7.86. The molecule has 4 rings (SSSR count). The second kappa shape index (κ2) is 9.78. The number of fused-ring (bicyclic) bond motifs is 1. The minimum Gasteiger partial charge on any atom is -0.461 e. The molecule has 192 valence electrons. The maximum absolute atomic E-state index is 13.1. The van der Waals surface area contributed by atoms with Gasteiger partial charge in [0.05, 0.1) is 22.9 Å². The van der Waals surface area contributed by atoms with E-state index in [2.05, 4.69) is 15.3 Å². The summed E-state index contributed by atoms with van der Waals surface area (Å²) in [6, 6.07) is 11.6. The Kier molecular flexibility index (Phi) is 6.88. The van der Waals surface area contributed by atoms with Crippen LogP contribution >= 0.6 is 0 Å². The quantitative estimate of drug-likeness (QED) is 0.255. The van der Waals surface area contributed by atoms with Crippen molar-refractivity contribution in [1.82, 2.24) is 0 Å². The summed E-state index contributed by atoms with van der Waals surface area (Å²) in [7, 11) is -9.00. The first-order valence-electron chi connectivity index (χ1n) is 10.5. The van der Waals surface area contributed by atoms with Crippen molar-refractivity contribution in [2.75, 3.05) is 11.6 Å². The molecular formula is C22H18N4O9S2. The molecule has 2 N–H and O–H groups in total. The summed E-state index contributed by atoms with van der Waals surface area (Å²) in [5.41, 5.74) is -0.150. The van der Waals surface area contributed by atoms with Crippen molar-refractivity contribution in [3.8, 4) is 0 Å². The van der Waals surface area contributed by atoms with Gasteiger partial charge in [-0.2, -0.15) is 37.2 Å². The molecule has 0 aromatic heterocycles. The van der Waals surface area contributed by atoms with Gasteiger partial charge in [0.15, 0.2) is 5.71 Å². The number of hydrogen-bond donors (Lipinski definition) is 2. The Bertz CT molecular complexity index is 1680. The zero-order valence-electron chi connectivity index (χ0n) is 18.9. The maximum atomic E-state index is 13.1. The predicted molar refractivity (Wildman–Crippen MR) is 130 cm³/mol. The molecule has 0 aliphatic carbocycles. The van der Waals surface area contributed by atoms with E-state index in [0.29, 0.717) is 5.39 Å². The molecule has 1 heterocycles. The van der Waals surface area contributed by atoms with Crippen LogP contribution < -0.4 is 5.01 Å². The SMILES string of the molecule is CCOC(=O)C1=NN(c2ccc(S(=O)(=O)O)cc2)C(=O)C1N=Nc1ccc(S(=O)(=O)O)c2ccccc12. The highest BCUT2D eigenvalue weighted by atomic mass is 32.2. The molecule has 0 saturated heterocycles. The van der Waals surface area contributed by atoms with Crippen molar-refractivity contribution in [3.63, 3.8) is 0 Å². The van der Waals surface area contributed by atoms with Crippen molar-refractivity contribution < 1.29 is 40.3 Å². The number of ether oxygens (including phenoxy) is 1. The van der Waals surface area contributed by atoms with Crippen molar-refractivity contribution in [2.24, 2.45) is 15.3 Å². The summed E-state index contributed by atoms with van der Waals surface area (Å²) in [4.78, 5) is 24.9. The lowest BCUT2D eigenvalue weighted by atomic mass is 10.1. The Morgan fingerprint density at radius 1 is 0.973 bits per heavy atom. The molecule has 15 heteroatoms. The second-order valence-electron chi connectivity index (χ2n) is 7.55. The fraction of sp³-hybridized carbons (Fsp3) is 0.136. The number of carbonyl (C=O) groups excluding carboxylic acids is 2. The van der Waals surface area contributed by atoms with E-state index in [9.17, 15) is 31.0 Å². The number of azo groups is 1. The fourth-order valence-electron chi connectivity index (χ4n) is 3.54. The fourth-order valence-corrected chi connectivity index (χ4v) is 4.71. The van der Waals surface area contributed by atoms with E-state index in [-0.39, 0.29) is 34.0 Å². The van der Waals surface area contributed by atoms with Crippen LogP contribution in [0.25, 0.3) is 10.8 Å². The average molecular weight is 547 g/mol. The Morgan fingerprint density at radius 2 is 1.62 bits per heavy atom. The zero-order valence-corrected chi connectivity index (χ0v) is 20.5. The zero-order chi connectivity index (χ0) is 27.0. The van der Waals surface area contributed by atoms with E-state index in [1.54, 1.807) is 19.1 Å². The number of hydrogen-bond acceptors (Lipinski definition) is 10. The van der Waals surface area contributed by atoms with Crippen molar-refractivity contribution in [3.05, 3.63) is 60.7 Å². The number of nitrogens with zero attached hydrogens (tertiary/aromatic N) is 4. The molecule has 1 unspecified atom stereocenters. The first-order chi connectivity index (χ1) is 17.4. The summed E-state index contributed by atoms with van der Waals surface area (Å²) in [5, 5.41) is 13.3. The van der Waals surface area contributed by atoms with E-state index in [4.69, 9.17) is 9.29 Å². The van der Waals surface area contributed by atoms with Crippen LogP contribution in [0.1, 0.15) is 6.92 Å². The standard InChI is InChI=1S/C22H18N4O9S2/c1-2-35-22(28)20-19(21(27)26(25-20)13-7-9-14(10-8-13)36(29,30)31)24-23-17-11-12-18(37(32,33)34)16-6-4-3-5-15(16)17/h3-12,19H,2H2,1H3,(H,29,30,31)(H,32,33,34). The molecule has 0 fully saturated rings. The van der Waals surface area contributed by atoms with Crippen molar-refractivity contribution in [2.45, 2.75) is 22.8 Å². The molecular weight excluding hydrogens is 528 g/mol. The largest absolute Gasteiger partial charge is 0.461 e. The Labute approximate surface area is 210 Å². The van der Waals surface area contributed by atoms with Gasteiger partial charge < -0.3 is 4.74 Å². The normalized spacial score (nSPS) is 16.4. The maximum Gasteiger partial charge on any atom is 0.357 e. The number of amides is 1. The van der Waals surface area contributed by atoms with Gasteiger partial charge >= 0.3 is 5.97 Å². The molecule has 0 radical (unpaired) electrons. The molecule has 37 heavy (non-hydrogen) atoms. The van der Waals surface area contributed by atoms with Gasteiger partial charge in [0.25, 0.3) is 26.1 Å². The lowest BCUT2D eigenvalue weighted by molar-refractivity contribution is -0.135. The highest BCUT2D eigenvalue weighted by Crippen LogP contribution is 2.32. The average Bonchev–Trinajstić information content (AvgIpc) is 3.17. The lowest BCUT2D eigenvalue weighted by Crippen LogP contribution is -2.33. The van der Waals surface area contributed by atoms with E-state index in [1.807, 2.05) is 0 Å². The van der Waals surface area contributed by atoms with E-state index >= 15 is 0 Å². The van der Waals surface area contributed by atoms with Crippen LogP contribution in [0.15, 0.2) is 85.8 Å². The summed E-state index contributed by atoms with van der Waals surface area (Å²) >= 11 is 0. The van der Waals surface area contributed by atoms with Gasteiger partial charge in [-0.25, -0.2) is 4.79 Å². The third-order valence-corrected chi connectivity index (χ3v) is 6.97. The third-order valence-electron chi connectivity index (χ3n) is 5.19. The van der Waals surface area contributed by atoms with Crippen LogP contribution in [0.3, 0.4) is 0 Å². The number of esters is 1. The number of anilines is 1. The molecule has 1 atom stereocenters.